The number of aliphatic imine (C=N–C) groups is 1. The van der Waals surface area contributed by atoms with Crippen LogP contribution >= 0.6 is 24.0 Å². The molecular formula is C22H31IN4O2S. The van der Waals surface area contributed by atoms with E-state index in [0.29, 0.717) is 30.4 Å². The molecule has 3 rings (SSSR count). The maximum Gasteiger partial charge on any atom is 0.243 e. The van der Waals surface area contributed by atoms with Crippen molar-refractivity contribution < 1.29 is 8.42 Å². The summed E-state index contributed by atoms with van der Waals surface area (Å²) in [5.41, 5.74) is 2.45. The van der Waals surface area contributed by atoms with E-state index in [4.69, 9.17) is 0 Å². The van der Waals surface area contributed by atoms with Gasteiger partial charge in [-0.25, -0.2) is 8.42 Å². The molecule has 8 heteroatoms. The van der Waals surface area contributed by atoms with E-state index in [1.807, 2.05) is 6.07 Å². The van der Waals surface area contributed by atoms with E-state index in [2.05, 4.69) is 46.8 Å². The summed E-state index contributed by atoms with van der Waals surface area (Å²) in [6.07, 6.45) is 1.68. The number of piperidine rings is 1. The van der Waals surface area contributed by atoms with Crippen molar-refractivity contribution in [1.82, 2.24) is 14.9 Å². The molecule has 0 unspecified atom stereocenters. The minimum absolute atomic E-state index is 0. The molecule has 0 saturated carbocycles. The van der Waals surface area contributed by atoms with Crippen LogP contribution in [0.25, 0.3) is 0 Å². The van der Waals surface area contributed by atoms with Crippen LogP contribution in [0, 0.1) is 12.8 Å². The maximum atomic E-state index is 12.7. The average molecular weight is 542 g/mol. The minimum Gasteiger partial charge on any atom is -0.356 e. The molecule has 0 bridgehead atoms. The Morgan fingerprint density at radius 1 is 1.03 bits per heavy atom. The van der Waals surface area contributed by atoms with Crippen molar-refractivity contribution >= 4 is 40.0 Å². The number of benzene rings is 2. The van der Waals surface area contributed by atoms with Gasteiger partial charge in [0.1, 0.15) is 0 Å². The van der Waals surface area contributed by atoms with Gasteiger partial charge in [-0.2, -0.15) is 4.31 Å². The van der Waals surface area contributed by atoms with Crippen LogP contribution in [0.2, 0.25) is 0 Å². The molecule has 2 N–H and O–H groups in total. The molecule has 1 saturated heterocycles. The van der Waals surface area contributed by atoms with Crippen LogP contribution in [0.15, 0.2) is 64.5 Å². The first-order valence-electron chi connectivity index (χ1n) is 10.0. The number of guanidine groups is 1. The highest BCUT2D eigenvalue weighted by Gasteiger charge is 2.29. The van der Waals surface area contributed by atoms with Crippen LogP contribution in [-0.4, -0.2) is 45.4 Å². The van der Waals surface area contributed by atoms with Gasteiger partial charge in [0.2, 0.25) is 10.0 Å². The van der Waals surface area contributed by atoms with Crippen molar-refractivity contribution in [3.05, 3.63) is 65.7 Å². The Balaban J connectivity index is 0.00000320. The van der Waals surface area contributed by atoms with E-state index in [9.17, 15) is 8.42 Å². The first kappa shape index (κ1) is 24.6. The van der Waals surface area contributed by atoms with E-state index in [-0.39, 0.29) is 24.0 Å². The Morgan fingerprint density at radius 2 is 1.67 bits per heavy atom. The first-order valence-corrected chi connectivity index (χ1v) is 11.5. The predicted octanol–water partition coefficient (Wildman–Crippen LogP) is 3.38. The van der Waals surface area contributed by atoms with Crippen molar-refractivity contribution in [3.8, 4) is 0 Å². The van der Waals surface area contributed by atoms with E-state index in [1.54, 1.807) is 35.6 Å². The molecule has 30 heavy (non-hydrogen) atoms. The molecule has 6 nitrogen and oxygen atoms in total. The molecule has 1 fully saturated rings. The van der Waals surface area contributed by atoms with E-state index >= 15 is 0 Å². The van der Waals surface area contributed by atoms with Crippen LogP contribution in [0.1, 0.15) is 24.0 Å². The van der Waals surface area contributed by atoms with Crippen molar-refractivity contribution in [2.24, 2.45) is 10.9 Å². The quantitative estimate of drug-likeness (QED) is 0.334. The number of nitrogens with one attached hydrogen (secondary N) is 2. The number of hydrogen-bond donors (Lipinski definition) is 2. The topological polar surface area (TPSA) is 73.8 Å². The Kier molecular flexibility index (Phi) is 9.57. The van der Waals surface area contributed by atoms with E-state index in [1.165, 1.54) is 11.1 Å². The van der Waals surface area contributed by atoms with E-state index in [0.717, 1.165) is 25.3 Å². The smallest absolute Gasteiger partial charge is 0.243 e. The summed E-state index contributed by atoms with van der Waals surface area (Å²) in [7, 11) is -1.62. The van der Waals surface area contributed by atoms with Gasteiger partial charge >= 0.3 is 0 Å². The summed E-state index contributed by atoms with van der Waals surface area (Å²) in [6.45, 7) is 4.69. The maximum absolute atomic E-state index is 12.7. The number of rotatable bonds is 6. The second-order valence-corrected chi connectivity index (χ2v) is 9.39. The SMILES string of the molecule is CN=C(NCc1ccc(C)cc1)NCC1CCN(S(=O)(=O)c2ccccc2)CC1.I. The zero-order valence-corrected chi connectivity index (χ0v) is 20.7. The van der Waals surface area contributed by atoms with Crippen LogP contribution in [-0.2, 0) is 16.6 Å². The lowest BCUT2D eigenvalue weighted by Crippen LogP contribution is -2.44. The Hall–Kier alpha value is -1.65. The number of aryl methyl sites for hydroxylation is 1. The normalized spacial score (nSPS) is 16.0. The fourth-order valence-electron chi connectivity index (χ4n) is 3.45. The number of sulfonamides is 1. The molecule has 0 atom stereocenters. The average Bonchev–Trinajstić information content (AvgIpc) is 2.76. The Labute approximate surface area is 197 Å². The fraction of sp³-hybridized carbons (Fsp3) is 0.409. The van der Waals surface area contributed by atoms with Gasteiger partial charge in [-0.3, -0.25) is 4.99 Å². The third-order valence-electron chi connectivity index (χ3n) is 5.32. The van der Waals surface area contributed by atoms with Gasteiger partial charge in [-0.15, -0.1) is 24.0 Å². The molecule has 0 amide bonds. The minimum atomic E-state index is -3.39. The Bertz CT molecular complexity index is 910. The van der Waals surface area contributed by atoms with Crippen LogP contribution in [0.5, 0.6) is 0 Å². The number of nitrogens with zero attached hydrogens (tertiary/aromatic N) is 2. The molecule has 1 heterocycles. The summed E-state index contributed by atoms with van der Waals surface area (Å²) in [4.78, 5) is 4.66. The first-order chi connectivity index (χ1) is 14.0. The van der Waals surface area contributed by atoms with Crippen molar-refractivity contribution in [2.75, 3.05) is 26.7 Å². The van der Waals surface area contributed by atoms with Crippen molar-refractivity contribution in [2.45, 2.75) is 31.2 Å². The molecule has 0 aromatic heterocycles. The summed E-state index contributed by atoms with van der Waals surface area (Å²) >= 11 is 0. The lowest BCUT2D eigenvalue weighted by Gasteiger charge is -2.31. The van der Waals surface area contributed by atoms with Gasteiger partial charge in [0.15, 0.2) is 5.96 Å². The molecule has 0 radical (unpaired) electrons. The molecule has 2 aromatic carbocycles. The second kappa shape index (κ2) is 11.7. The molecule has 2 aromatic rings. The predicted molar refractivity (Wildman–Crippen MR) is 133 cm³/mol. The monoisotopic (exact) mass is 542 g/mol. The highest BCUT2D eigenvalue weighted by molar-refractivity contribution is 14.0. The molecule has 0 aliphatic carbocycles. The number of hydrogen-bond acceptors (Lipinski definition) is 3. The molecule has 0 spiro atoms. The Morgan fingerprint density at radius 3 is 2.27 bits per heavy atom. The van der Waals surface area contributed by atoms with Gasteiger partial charge in [-0.1, -0.05) is 48.0 Å². The second-order valence-electron chi connectivity index (χ2n) is 7.45. The van der Waals surface area contributed by atoms with Gasteiger partial charge in [0, 0.05) is 33.2 Å². The van der Waals surface area contributed by atoms with Gasteiger partial charge in [-0.05, 0) is 43.4 Å². The van der Waals surface area contributed by atoms with Crippen LogP contribution in [0.4, 0.5) is 0 Å². The zero-order valence-electron chi connectivity index (χ0n) is 17.5. The number of halogens is 1. The third-order valence-corrected chi connectivity index (χ3v) is 7.23. The van der Waals surface area contributed by atoms with Gasteiger partial charge < -0.3 is 10.6 Å². The summed E-state index contributed by atoms with van der Waals surface area (Å²) in [6, 6.07) is 17.1. The van der Waals surface area contributed by atoms with E-state index < -0.39 is 10.0 Å². The van der Waals surface area contributed by atoms with Gasteiger partial charge in [0.05, 0.1) is 4.90 Å². The highest BCUT2D eigenvalue weighted by atomic mass is 127. The highest BCUT2D eigenvalue weighted by Crippen LogP contribution is 2.23. The summed E-state index contributed by atoms with van der Waals surface area (Å²) < 4.78 is 27.1. The standard InChI is InChI=1S/C22H30N4O2S.HI/c1-18-8-10-19(11-9-18)16-24-22(23-2)25-17-20-12-14-26(15-13-20)29(27,28)21-6-4-3-5-7-21;/h3-11,20H,12-17H2,1-2H3,(H2,23,24,25);1H. The van der Waals surface area contributed by atoms with Crippen LogP contribution < -0.4 is 10.6 Å². The lowest BCUT2D eigenvalue weighted by atomic mass is 9.98. The van der Waals surface area contributed by atoms with Crippen molar-refractivity contribution in [1.29, 1.82) is 0 Å². The molecule has 164 valence electrons. The molecule has 1 aliphatic rings. The third kappa shape index (κ3) is 6.68. The molecular weight excluding hydrogens is 511 g/mol. The zero-order chi connectivity index (χ0) is 20.7. The fourth-order valence-corrected chi connectivity index (χ4v) is 4.94. The largest absolute Gasteiger partial charge is 0.356 e. The summed E-state index contributed by atoms with van der Waals surface area (Å²) in [5, 5.41) is 6.71. The van der Waals surface area contributed by atoms with Gasteiger partial charge in [0.25, 0.3) is 0 Å². The summed E-state index contributed by atoms with van der Waals surface area (Å²) in [5.74, 6) is 1.19. The van der Waals surface area contributed by atoms with Crippen LogP contribution in [0.3, 0.4) is 0 Å². The molecule has 1 aliphatic heterocycles. The lowest BCUT2D eigenvalue weighted by molar-refractivity contribution is 0.273. The van der Waals surface area contributed by atoms with Crippen molar-refractivity contribution in [3.63, 3.8) is 0 Å².